The zero-order valence-electron chi connectivity index (χ0n) is 30.4. The Labute approximate surface area is 312 Å². The van der Waals surface area contributed by atoms with E-state index in [0.29, 0.717) is 23.0 Å². The molecule has 12 heteroatoms. The van der Waals surface area contributed by atoms with Crippen molar-refractivity contribution in [3.8, 4) is 23.0 Å². The molecular weight excluding hydrogens is 696 g/mol. The lowest BCUT2D eigenvalue weighted by Crippen LogP contribution is -2.74. The van der Waals surface area contributed by atoms with E-state index in [9.17, 15) is 19.2 Å². The number of hydrogen-bond donors (Lipinski definition) is 0. The van der Waals surface area contributed by atoms with Crippen LogP contribution in [0.1, 0.15) is 80.0 Å². The van der Waals surface area contributed by atoms with Crippen molar-refractivity contribution in [1.82, 2.24) is 0 Å². The van der Waals surface area contributed by atoms with Crippen LogP contribution in [0.3, 0.4) is 0 Å². The Morgan fingerprint density at radius 2 is 0.537 bits per heavy atom. The standard InChI is InChI=1S/C42H40O12/c1-47-31-17-9-5-13-27(31)35(43)51-39-21-40(52-36(44)28-14-6-10-18-32(28)48-2)24-41(22-39,53-37(45)29-15-7-11-19-33(29)49-3)26-42(23-39,25-40)54-38(46)30-16-8-12-20-34(30)50-4/h5-20H,21-26H2,1-4H3. The molecule has 4 aromatic carbocycles. The summed E-state index contributed by atoms with van der Waals surface area (Å²) in [5.41, 5.74) is -5.14. The number of ether oxygens (including phenoxy) is 8. The molecular formula is C42H40O12. The minimum atomic E-state index is -1.45. The minimum absolute atomic E-state index is 0.0314. The molecule has 0 heterocycles. The van der Waals surface area contributed by atoms with E-state index in [2.05, 4.69) is 0 Å². The van der Waals surface area contributed by atoms with E-state index in [-0.39, 0.29) is 60.8 Å². The molecule has 4 aliphatic rings. The maximum atomic E-state index is 14.1. The second kappa shape index (κ2) is 14.1. The van der Waals surface area contributed by atoms with E-state index in [1.165, 1.54) is 28.4 Å². The highest BCUT2D eigenvalue weighted by atomic mass is 16.6. The molecule has 0 N–H and O–H groups in total. The molecule has 8 rings (SSSR count). The van der Waals surface area contributed by atoms with Crippen molar-refractivity contribution in [1.29, 1.82) is 0 Å². The van der Waals surface area contributed by atoms with Crippen LogP contribution in [0.25, 0.3) is 0 Å². The first-order chi connectivity index (χ1) is 26.0. The number of esters is 4. The van der Waals surface area contributed by atoms with E-state index in [1.54, 1.807) is 97.1 Å². The Balaban J connectivity index is 1.36. The van der Waals surface area contributed by atoms with Crippen LogP contribution in [0.4, 0.5) is 0 Å². The summed E-state index contributed by atoms with van der Waals surface area (Å²) in [7, 11) is 5.78. The van der Waals surface area contributed by atoms with Crippen LogP contribution in [0.2, 0.25) is 0 Å². The summed E-state index contributed by atoms with van der Waals surface area (Å²) in [5.74, 6) is -1.68. The maximum Gasteiger partial charge on any atom is 0.342 e. The first-order valence-electron chi connectivity index (χ1n) is 17.5. The quantitative estimate of drug-likeness (QED) is 0.112. The average molecular weight is 737 g/mol. The first-order valence-corrected chi connectivity index (χ1v) is 17.5. The Morgan fingerprint density at radius 1 is 0.352 bits per heavy atom. The van der Waals surface area contributed by atoms with E-state index < -0.39 is 46.3 Å². The molecule has 54 heavy (non-hydrogen) atoms. The Bertz CT molecular complexity index is 1770. The van der Waals surface area contributed by atoms with Gasteiger partial charge in [0.15, 0.2) is 0 Å². The Hall–Kier alpha value is -6.04. The van der Waals surface area contributed by atoms with Gasteiger partial charge < -0.3 is 37.9 Å². The Morgan fingerprint density at radius 3 is 0.722 bits per heavy atom. The number of methoxy groups -OCH3 is 4. The van der Waals surface area contributed by atoms with Gasteiger partial charge in [-0.2, -0.15) is 0 Å². The molecule has 4 saturated carbocycles. The van der Waals surface area contributed by atoms with Gasteiger partial charge in [0.2, 0.25) is 0 Å². The molecule has 0 aromatic heterocycles. The van der Waals surface area contributed by atoms with Crippen molar-refractivity contribution in [2.75, 3.05) is 28.4 Å². The summed E-state index contributed by atoms with van der Waals surface area (Å²) >= 11 is 0. The third-order valence-corrected chi connectivity index (χ3v) is 10.4. The van der Waals surface area contributed by atoms with Crippen molar-refractivity contribution < 1.29 is 57.1 Å². The number of carbonyl (C=O) groups excluding carboxylic acids is 4. The normalized spacial score (nSPS) is 24.8. The number of para-hydroxylation sites is 4. The fourth-order valence-corrected chi connectivity index (χ4v) is 8.97. The van der Waals surface area contributed by atoms with Crippen LogP contribution in [0.15, 0.2) is 97.1 Å². The fraction of sp³-hybridized carbons (Fsp3) is 0.333. The van der Waals surface area contributed by atoms with Gasteiger partial charge in [0.25, 0.3) is 0 Å². The van der Waals surface area contributed by atoms with Crippen LogP contribution in [0.5, 0.6) is 23.0 Å². The highest BCUT2D eigenvalue weighted by Crippen LogP contribution is 2.66. The van der Waals surface area contributed by atoms with Crippen LogP contribution >= 0.6 is 0 Å². The SMILES string of the molecule is COc1ccccc1C(=O)OC12CC3(OC(=O)c4ccccc4OC)CC(OC(=O)c4ccccc4OC)(C1)CC(OC(=O)c1ccccc1OC)(C2)C3. The highest BCUT2D eigenvalue weighted by molar-refractivity contribution is 5.95. The van der Waals surface area contributed by atoms with Crippen molar-refractivity contribution in [3.63, 3.8) is 0 Å². The first kappa shape index (κ1) is 36.3. The zero-order valence-corrected chi connectivity index (χ0v) is 30.4. The van der Waals surface area contributed by atoms with E-state index in [1.807, 2.05) is 0 Å². The lowest BCUT2D eigenvalue weighted by atomic mass is 9.48. The summed E-state index contributed by atoms with van der Waals surface area (Å²) in [6.07, 6.45) is 0.189. The number of benzene rings is 4. The summed E-state index contributed by atoms with van der Waals surface area (Å²) in [6.45, 7) is 0. The monoisotopic (exact) mass is 736 g/mol. The molecule has 0 radical (unpaired) electrons. The molecule has 12 nitrogen and oxygen atoms in total. The van der Waals surface area contributed by atoms with Gasteiger partial charge in [-0.3, -0.25) is 0 Å². The second-order valence-electron chi connectivity index (χ2n) is 14.2. The predicted octanol–water partition coefficient (Wildman–Crippen LogP) is 6.79. The lowest BCUT2D eigenvalue weighted by molar-refractivity contribution is -0.292. The second-order valence-corrected chi connectivity index (χ2v) is 14.2. The van der Waals surface area contributed by atoms with Gasteiger partial charge in [0.1, 0.15) is 67.7 Å². The molecule has 4 fully saturated rings. The summed E-state index contributed by atoms with van der Waals surface area (Å²) < 4.78 is 47.8. The van der Waals surface area contributed by atoms with Crippen molar-refractivity contribution in [2.45, 2.75) is 60.9 Å². The van der Waals surface area contributed by atoms with Crippen LogP contribution in [-0.4, -0.2) is 74.7 Å². The number of carbonyl (C=O) groups is 4. The highest BCUT2D eigenvalue weighted by Gasteiger charge is 2.74. The third-order valence-electron chi connectivity index (χ3n) is 10.4. The molecule has 280 valence electrons. The molecule has 0 saturated heterocycles. The predicted molar refractivity (Wildman–Crippen MR) is 192 cm³/mol. The van der Waals surface area contributed by atoms with Crippen LogP contribution in [-0.2, 0) is 18.9 Å². The maximum absolute atomic E-state index is 14.1. The van der Waals surface area contributed by atoms with Crippen molar-refractivity contribution in [2.24, 2.45) is 0 Å². The lowest BCUT2D eigenvalue weighted by Gasteiger charge is -2.66. The van der Waals surface area contributed by atoms with E-state index >= 15 is 0 Å². The molecule has 0 spiro atoms. The Kier molecular flexibility index (Phi) is 9.47. The van der Waals surface area contributed by atoms with Crippen molar-refractivity contribution in [3.05, 3.63) is 119 Å². The molecule has 0 unspecified atom stereocenters. The third kappa shape index (κ3) is 6.68. The van der Waals surface area contributed by atoms with E-state index in [0.717, 1.165) is 0 Å². The van der Waals surface area contributed by atoms with Gasteiger partial charge in [-0.05, 0) is 48.5 Å². The van der Waals surface area contributed by atoms with Crippen LogP contribution < -0.4 is 18.9 Å². The van der Waals surface area contributed by atoms with Crippen LogP contribution in [0, 0.1) is 0 Å². The van der Waals surface area contributed by atoms with Gasteiger partial charge in [-0.15, -0.1) is 0 Å². The summed E-state index contributed by atoms with van der Waals surface area (Å²) in [4.78, 5) is 56.5. The average Bonchev–Trinajstić information content (AvgIpc) is 3.16. The van der Waals surface area contributed by atoms with Gasteiger partial charge in [0, 0.05) is 38.5 Å². The molecule has 4 aliphatic carbocycles. The molecule has 0 atom stereocenters. The van der Waals surface area contributed by atoms with Gasteiger partial charge in [-0.1, -0.05) is 48.5 Å². The zero-order chi connectivity index (χ0) is 38.1. The van der Waals surface area contributed by atoms with Crippen molar-refractivity contribution >= 4 is 23.9 Å². The topological polar surface area (TPSA) is 142 Å². The molecule has 0 aliphatic heterocycles. The number of hydrogen-bond acceptors (Lipinski definition) is 12. The molecule has 4 bridgehead atoms. The largest absolute Gasteiger partial charge is 0.496 e. The fourth-order valence-electron chi connectivity index (χ4n) is 8.97. The summed E-state index contributed by atoms with van der Waals surface area (Å²) in [5, 5.41) is 0. The minimum Gasteiger partial charge on any atom is -0.496 e. The molecule has 4 aromatic rings. The van der Waals surface area contributed by atoms with Gasteiger partial charge >= 0.3 is 23.9 Å². The number of rotatable bonds is 12. The van der Waals surface area contributed by atoms with Gasteiger partial charge in [-0.25, -0.2) is 19.2 Å². The van der Waals surface area contributed by atoms with E-state index in [4.69, 9.17) is 37.9 Å². The molecule has 0 amide bonds. The van der Waals surface area contributed by atoms with Gasteiger partial charge in [0.05, 0.1) is 28.4 Å². The summed E-state index contributed by atoms with van der Waals surface area (Å²) in [6, 6.07) is 26.5. The smallest absolute Gasteiger partial charge is 0.342 e.